The van der Waals surface area contributed by atoms with Gasteiger partial charge in [0.1, 0.15) is 0 Å². The van der Waals surface area contributed by atoms with Crippen LogP contribution in [0.25, 0.3) is 0 Å². The Morgan fingerprint density at radius 2 is 2.07 bits per heavy atom. The van der Waals surface area contributed by atoms with E-state index in [0.717, 1.165) is 12.8 Å². The quantitative estimate of drug-likeness (QED) is 0.739. The standard InChI is InChI=1S/C11H18O3/c1-11(8-4-2-5-8)7-3-6-9(14-11)10(12)13/h8-9H,2-7H2,1H3,(H,12,13). The van der Waals surface area contributed by atoms with Crippen LogP contribution in [0.3, 0.4) is 0 Å². The molecule has 2 unspecified atom stereocenters. The summed E-state index contributed by atoms with van der Waals surface area (Å²) in [5, 5.41) is 8.92. The molecular formula is C11H18O3. The molecule has 0 spiro atoms. The van der Waals surface area contributed by atoms with Gasteiger partial charge in [0.15, 0.2) is 6.10 Å². The lowest BCUT2D eigenvalue weighted by molar-refractivity contribution is -0.188. The molecule has 2 atom stereocenters. The summed E-state index contributed by atoms with van der Waals surface area (Å²) in [5.74, 6) is -0.195. The van der Waals surface area contributed by atoms with E-state index in [1.54, 1.807) is 0 Å². The zero-order chi connectivity index (χ0) is 10.2. The van der Waals surface area contributed by atoms with Crippen molar-refractivity contribution in [1.82, 2.24) is 0 Å². The van der Waals surface area contributed by atoms with Gasteiger partial charge in [0.25, 0.3) is 0 Å². The van der Waals surface area contributed by atoms with E-state index in [-0.39, 0.29) is 5.60 Å². The van der Waals surface area contributed by atoms with Crippen LogP contribution in [0.1, 0.15) is 45.4 Å². The molecule has 1 N–H and O–H groups in total. The summed E-state index contributed by atoms with van der Waals surface area (Å²) in [4.78, 5) is 10.8. The van der Waals surface area contributed by atoms with Crippen LogP contribution < -0.4 is 0 Å². The third-order valence-corrected chi connectivity index (χ3v) is 3.80. The molecule has 3 heteroatoms. The topological polar surface area (TPSA) is 46.5 Å². The van der Waals surface area contributed by atoms with Crippen molar-refractivity contribution in [3.05, 3.63) is 0 Å². The van der Waals surface area contributed by atoms with E-state index in [0.29, 0.717) is 12.3 Å². The minimum atomic E-state index is -0.796. The average molecular weight is 198 g/mol. The van der Waals surface area contributed by atoms with E-state index >= 15 is 0 Å². The fourth-order valence-corrected chi connectivity index (χ4v) is 2.57. The molecule has 0 amide bonds. The van der Waals surface area contributed by atoms with E-state index in [9.17, 15) is 4.79 Å². The SMILES string of the molecule is CC1(C2CCC2)CCCC(C(=O)O)O1. The van der Waals surface area contributed by atoms with Crippen LogP contribution in [0, 0.1) is 5.92 Å². The van der Waals surface area contributed by atoms with Crippen molar-refractivity contribution in [1.29, 1.82) is 0 Å². The van der Waals surface area contributed by atoms with Gasteiger partial charge < -0.3 is 9.84 Å². The highest BCUT2D eigenvalue weighted by Gasteiger charge is 2.43. The van der Waals surface area contributed by atoms with Gasteiger partial charge in [-0.25, -0.2) is 4.79 Å². The minimum absolute atomic E-state index is 0.153. The maximum atomic E-state index is 10.8. The first-order valence-corrected chi connectivity index (χ1v) is 5.52. The molecule has 1 saturated carbocycles. The Balaban J connectivity index is 2.01. The third kappa shape index (κ3) is 1.65. The summed E-state index contributed by atoms with van der Waals surface area (Å²) in [6.45, 7) is 2.09. The number of hydrogen-bond donors (Lipinski definition) is 1. The smallest absolute Gasteiger partial charge is 0.332 e. The summed E-state index contributed by atoms with van der Waals surface area (Å²) < 4.78 is 5.74. The van der Waals surface area contributed by atoms with Crippen LogP contribution in [0.5, 0.6) is 0 Å². The second-order valence-corrected chi connectivity index (χ2v) is 4.78. The Hall–Kier alpha value is -0.570. The largest absolute Gasteiger partial charge is 0.479 e. The molecule has 0 aromatic rings. The van der Waals surface area contributed by atoms with Gasteiger partial charge in [-0.3, -0.25) is 0 Å². The highest BCUT2D eigenvalue weighted by atomic mass is 16.5. The molecule has 2 fully saturated rings. The summed E-state index contributed by atoms with van der Waals surface area (Å²) in [7, 11) is 0. The lowest BCUT2D eigenvalue weighted by Gasteiger charge is -2.46. The molecule has 1 aliphatic heterocycles. The summed E-state index contributed by atoms with van der Waals surface area (Å²) >= 11 is 0. The fourth-order valence-electron chi connectivity index (χ4n) is 2.57. The van der Waals surface area contributed by atoms with Gasteiger partial charge in [-0.1, -0.05) is 6.42 Å². The second-order valence-electron chi connectivity index (χ2n) is 4.78. The molecule has 0 bridgehead atoms. The van der Waals surface area contributed by atoms with Gasteiger partial charge in [0.05, 0.1) is 5.60 Å². The van der Waals surface area contributed by atoms with E-state index in [2.05, 4.69) is 6.92 Å². The number of carboxylic acid groups (broad SMARTS) is 1. The van der Waals surface area contributed by atoms with Crippen LogP contribution in [-0.2, 0) is 9.53 Å². The molecule has 80 valence electrons. The predicted octanol–water partition coefficient (Wildman–Crippen LogP) is 2.20. The molecule has 1 aliphatic carbocycles. The van der Waals surface area contributed by atoms with Gasteiger partial charge >= 0.3 is 5.97 Å². The normalized spacial score (nSPS) is 39.1. The molecule has 0 radical (unpaired) electrons. The fraction of sp³-hybridized carbons (Fsp3) is 0.909. The van der Waals surface area contributed by atoms with Crippen molar-refractivity contribution in [2.24, 2.45) is 5.92 Å². The summed E-state index contributed by atoms with van der Waals surface area (Å²) in [5.41, 5.74) is -0.153. The number of hydrogen-bond acceptors (Lipinski definition) is 2. The van der Waals surface area contributed by atoms with Crippen molar-refractivity contribution < 1.29 is 14.6 Å². The van der Waals surface area contributed by atoms with E-state index in [1.807, 2.05) is 0 Å². The van der Waals surface area contributed by atoms with Crippen molar-refractivity contribution >= 4 is 5.97 Å². The number of carboxylic acids is 1. The Labute approximate surface area is 84.4 Å². The van der Waals surface area contributed by atoms with Gasteiger partial charge in [0.2, 0.25) is 0 Å². The molecule has 3 nitrogen and oxygen atoms in total. The van der Waals surface area contributed by atoms with Crippen molar-refractivity contribution in [3.8, 4) is 0 Å². The van der Waals surface area contributed by atoms with Crippen LogP contribution in [0.2, 0.25) is 0 Å². The summed E-state index contributed by atoms with van der Waals surface area (Å²) in [6.07, 6.45) is 5.84. The first-order valence-electron chi connectivity index (χ1n) is 5.52. The zero-order valence-corrected chi connectivity index (χ0v) is 8.66. The average Bonchev–Trinajstić information content (AvgIpc) is 1.99. The van der Waals surface area contributed by atoms with Gasteiger partial charge in [-0.2, -0.15) is 0 Å². The molecule has 1 heterocycles. The van der Waals surface area contributed by atoms with Gasteiger partial charge in [-0.15, -0.1) is 0 Å². The molecule has 14 heavy (non-hydrogen) atoms. The predicted molar refractivity (Wildman–Crippen MR) is 52.1 cm³/mol. The maximum absolute atomic E-state index is 10.8. The van der Waals surface area contributed by atoms with Crippen LogP contribution in [0.4, 0.5) is 0 Å². The second kappa shape index (κ2) is 3.54. The van der Waals surface area contributed by atoms with Gasteiger partial charge in [-0.05, 0) is 44.9 Å². The number of aliphatic carboxylic acids is 1. The minimum Gasteiger partial charge on any atom is -0.479 e. The third-order valence-electron chi connectivity index (χ3n) is 3.80. The maximum Gasteiger partial charge on any atom is 0.332 e. The van der Waals surface area contributed by atoms with E-state index in [4.69, 9.17) is 9.84 Å². The molecular weight excluding hydrogens is 180 g/mol. The van der Waals surface area contributed by atoms with E-state index < -0.39 is 12.1 Å². The Kier molecular flexibility index (Phi) is 2.52. The monoisotopic (exact) mass is 198 g/mol. The lowest BCUT2D eigenvalue weighted by Crippen LogP contribution is -2.48. The molecule has 0 aromatic carbocycles. The first-order chi connectivity index (χ1) is 6.62. The van der Waals surface area contributed by atoms with Gasteiger partial charge in [0, 0.05) is 0 Å². The van der Waals surface area contributed by atoms with Crippen LogP contribution in [0.15, 0.2) is 0 Å². The first kappa shape index (κ1) is 9.97. The highest BCUT2D eigenvalue weighted by molar-refractivity contribution is 5.72. The molecule has 1 saturated heterocycles. The van der Waals surface area contributed by atoms with Crippen molar-refractivity contribution in [3.63, 3.8) is 0 Å². The van der Waals surface area contributed by atoms with Crippen LogP contribution >= 0.6 is 0 Å². The molecule has 2 rings (SSSR count). The Bertz CT molecular complexity index is 235. The number of rotatable bonds is 2. The van der Waals surface area contributed by atoms with Crippen molar-refractivity contribution in [2.75, 3.05) is 0 Å². The highest BCUT2D eigenvalue weighted by Crippen LogP contribution is 2.44. The van der Waals surface area contributed by atoms with E-state index in [1.165, 1.54) is 19.3 Å². The zero-order valence-electron chi connectivity index (χ0n) is 8.66. The Morgan fingerprint density at radius 1 is 1.36 bits per heavy atom. The van der Waals surface area contributed by atoms with Crippen molar-refractivity contribution in [2.45, 2.75) is 57.2 Å². The lowest BCUT2D eigenvalue weighted by atomic mass is 9.70. The summed E-state index contributed by atoms with van der Waals surface area (Å²) in [6, 6.07) is 0. The Morgan fingerprint density at radius 3 is 2.57 bits per heavy atom. The number of carbonyl (C=O) groups is 1. The molecule has 0 aromatic heterocycles. The molecule has 2 aliphatic rings. The van der Waals surface area contributed by atoms with Crippen LogP contribution in [-0.4, -0.2) is 22.8 Å². The number of ether oxygens (including phenoxy) is 1.